The maximum Gasteiger partial charge on any atom is 0.335 e. The zero-order valence-electron chi connectivity index (χ0n) is 36.5. The first-order valence-electron chi connectivity index (χ1n) is 20.8. The van der Waals surface area contributed by atoms with Crippen molar-refractivity contribution in [2.75, 3.05) is 14.2 Å². The van der Waals surface area contributed by atoms with E-state index in [1.807, 2.05) is 0 Å². The van der Waals surface area contributed by atoms with Gasteiger partial charge in [0, 0.05) is 29.8 Å². The number of ether oxygens (including phenoxy) is 9. The summed E-state index contributed by atoms with van der Waals surface area (Å²) in [4.78, 5) is 63.7. The van der Waals surface area contributed by atoms with Gasteiger partial charge >= 0.3 is 23.9 Å². The first-order valence-corrected chi connectivity index (χ1v) is 20.8. The Labute approximate surface area is 396 Å². The van der Waals surface area contributed by atoms with Crippen LogP contribution in [0.25, 0.3) is 28.4 Å². The quantitative estimate of drug-likeness (QED) is 0.0451. The second kappa shape index (κ2) is 21.1. The summed E-state index contributed by atoms with van der Waals surface area (Å²) in [7, 11) is 2.51. The van der Waals surface area contributed by atoms with E-state index in [2.05, 4.69) is 0 Å². The molecule has 3 aliphatic rings. The molecule has 0 aliphatic carbocycles. The van der Waals surface area contributed by atoms with Crippen LogP contribution >= 0.6 is 0 Å². The number of methoxy groups -OCH3 is 2. The van der Waals surface area contributed by atoms with Crippen LogP contribution in [-0.2, 0) is 47.6 Å². The Morgan fingerprint density at radius 1 is 0.577 bits per heavy atom. The lowest BCUT2D eigenvalue weighted by molar-refractivity contribution is -0.373. The fourth-order valence-corrected chi connectivity index (χ4v) is 7.73. The second-order valence-electron chi connectivity index (χ2n) is 15.9. The maximum absolute atomic E-state index is 13.6. The molecule has 7 rings (SSSR count). The van der Waals surface area contributed by atoms with E-state index < -0.39 is 138 Å². The number of carbonyl (C=O) groups excluding carboxylic acids is 1. The number of hydrogen-bond donors (Lipinski definition) is 12. The van der Waals surface area contributed by atoms with Crippen LogP contribution < -0.4 is 19.6 Å². The zero-order chi connectivity index (χ0) is 51.7. The van der Waals surface area contributed by atoms with Gasteiger partial charge in [0.1, 0.15) is 71.0 Å². The second-order valence-corrected chi connectivity index (χ2v) is 15.9. The fourth-order valence-electron chi connectivity index (χ4n) is 7.73. The topological polar surface area (TPSA) is 424 Å². The molecule has 4 heterocycles. The van der Waals surface area contributed by atoms with E-state index in [4.69, 9.17) is 47.0 Å². The Kier molecular flexibility index (Phi) is 15.3. The van der Waals surface area contributed by atoms with Gasteiger partial charge in [-0.1, -0.05) is 6.07 Å². The van der Waals surface area contributed by atoms with Crippen LogP contribution in [0.2, 0.25) is 0 Å². The number of aromatic hydroxyl groups is 3. The summed E-state index contributed by atoms with van der Waals surface area (Å²) in [5.41, 5.74) is -0.727. The summed E-state index contributed by atoms with van der Waals surface area (Å²) < 4.78 is 55.3. The molecule has 27 heteroatoms. The predicted octanol–water partition coefficient (Wildman–Crippen LogP) is -2.04. The minimum atomic E-state index is -2.50. The van der Waals surface area contributed by atoms with Gasteiger partial charge < -0.3 is 108 Å². The lowest BCUT2D eigenvalue weighted by Gasteiger charge is -2.47. The van der Waals surface area contributed by atoms with Crippen LogP contribution in [-0.4, -0.2) is 191 Å². The third-order valence-electron chi connectivity index (χ3n) is 11.3. The molecular formula is C44H44O27. The maximum atomic E-state index is 13.6. The van der Waals surface area contributed by atoms with Gasteiger partial charge in [0.15, 0.2) is 71.5 Å². The van der Waals surface area contributed by atoms with E-state index in [-0.39, 0.29) is 45.5 Å². The number of rotatable bonds is 15. The number of carboxylic acid groups (broad SMARTS) is 3. The third-order valence-corrected chi connectivity index (χ3v) is 11.3. The molecular weight excluding hydrogens is 960 g/mol. The summed E-state index contributed by atoms with van der Waals surface area (Å²) in [5.74, 6) is -9.07. The molecule has 12 N–H and O–H groups in total. The minimum Gasteiger partial charge on any atom is -0.507 e. The lowest BCUT2D eigenvalue weighted by atomic mass is 9.95. The standard InChI is InChI=1S/C44H44O27/c1-62-22-9-14(3-6-17(22)45)4-8-25(49)66-38-33(67-42-31(54)27(50)28(51)34(68-42)39(56)57)32(55)36(41(60)61)70-44(38)71-37-30(53)29(52)35(40(58)59)69-43(37)64-16-11-19(47)26-20(48)13-21(65-24(26)12-16)15-5-7-18(46)23(10-15)63-2/h3-13,27-38,42-47,50-55H,1-2H3,(H,56,57)(H,58,59)(H,60,61)/t27-,28-,29-,30-,31+,32-,33-,34-,35-,36-,37+,38+,42+,43+,44-/m0/s1. The average Bonchev–Trinajstić information content (AvgIpc) is 3.32. The highest BCUT2D eigenvalue weighted by atomic mass is 16.8. The Morgan fingerprint density at radius 3 is 1.77 bits per heavy atom. The van der Waals surface area contributed by atoms with Crippen molar-refractivity contribution in [2.45, 2.75) is 92.1 Å². The molecule has 382 valence electrons. The molecule has 27 nitrogen and oxygen atoms in total. The molecule has 0 spiro atoms. The van der Waals surface area contributed by atoms with Crippen LogP contribution in [0.15, 0.2) is 69.9 Å². The Hall–Kier alpha value is -7.15. The third kappa shape index (κ3) is 10.6. The monoisotopic (exact) mass is 1000 g/mol. The highest BCUT2D eigenvalue weighted by Crippen LogP contribution is 2.38. The van der Waals surface area contributed by atoms with Crippen LogP contribution in [0.4, 0.5) is 0 Å². The molecule has 15 atom stereocenters. The van der Waals surface area contributed by atoms with Crippen LogP contribution in [0.3, 0.4) is 0 Å². The van der Waals surface area contributed by atoms with Gasteiger partial charge in [-0.3, -0.25) is 4.79 Å². The molecule has 4 aromatic rings. The van der Waals surface area contributed by atoms with E-state index in [0.717, 1.165) is 30.4 Å². The molecule has 3 saturated heterocycles. The van der Waals surface area contributed by atoms with E-state index in [0.29, 0.717) is 0 Å². The number of aliphatic hydroxyl groups excluding tert-OH is 6. The first kappa shape index (κ1) is 51.7. The van der Waals surface area contributed by atoms with Crippen molar-refractivity contribution in [2.24, 2.45) is 0 Å². The van der Waals surface area contributed by atoms with Crippen LogP contribution in [0.5, 0.6) is 34.5 Å². The normalized spacial score (nSPS) is 30.9. The number of aliphatic hydroxyl groups is 6. The largest absolute Gasteiger partial charge is 0.507 e. The fraction of sp³-hybridized carbons (Fsp3) is 0.386. The minimum absolute atomic E-state index is 0.00243. The highest BCUT2D eigenvalue weighted by molar-refractivity contribution is 5.88. The smallest absolute Gasteiger partial charge is 0.335 e. The van der Waals surface area contributed by atoms with Crippen molar-refractivity contribution < 1.29 is 128 Å². The number of phenolic OH excluding ortho intramolecular Hbond substituents is 3. The first-order chi connectivity index (χ1) is 33.6. The number of aliphatic carboxylic acids is 3. The predicted molar refractivity (Wildman–Crippen MR) is 227 cm³/mol. The summed E-state index contributed by atoms with van der Waals surface area (Å²) >= 11 is 0. The van der Waals surface area contributed by atoms with Crippen LogP contribution in [0, 0.1) is 0 Å². The van der Waals surface area contributed by atoms with Crippen LogP contribution in [0.1, 0.15) is 5.56 Å². The number of phenols is 3. The van der Waals surface area contributed by atoms with Crippen molar-refractivity contribution in [1.82, 2.24) is 0 Å². The number of carboxylic acids is 3. The number of esters is 1. The SMILES string of the molecule is COc1cc(C=CC(=O)O[C@H]2[C@H](O[C@H]3[C@H](Oc4cc(O)c5c(=O)cc(-c6ccc(O)c(OC)c6)oc5c4)O[C@H](C(=O)O)[C@@H](O)[C@@H]3O)O[C@H](C(=O)O)[C@@H](O)[C@@H]2O[C@@H]2O[C@H](C(=O)O)[C@@H](O)[C@H](O)[C@H]2O)ccc1O. The van der Waals surface area contributed by atoms with Crippen molar-refractivity contribution in [3.05, 3.63) is 76.5 Å². The summed E-state index contributed by atoms with van der Waals surface area (Å²) in [6.45, 7) is 0. The van der Waals surface area contributed by atoms with E-state index in [9.17, 15) is 85.3 Å². The van der Waals surface area contributed by atoms with E-state index in [1.165, 1.54) is 50.6 Å². The van der Waals surface area contributed by atoms with Gasteiger partial charge in [-0.05, 0) is 42.0 Å². The molecule has 71 heavy (non-hydrogen) atoms. The molecule has 0 bridgehead atoms. The van der Waals surface area contributed by atoms with Crippen molar-refractivity contribution >= 4 is 40.9 Å². The Morgan fingerprint density at radius 2 is 1.14 bits per heavy atom. The number of benzene rings is 3. The highest BCUT2D eigenvalue weighted by Gasteiger charge is 2.58. The number of carbonyl (C=O) groups is 4. The average molecular weight is 1000 g/mol. The lowest BCUT2D eigenvalue weighted by Crippen LogP contribution is -2.68. The van der Waals surface area contributed by atoms with E-state index >= 15 is 0 Å². The molecule has 3 aliphatic heterocycles. The van der Waals surface area contributed by atoms with Gasteiger partial charge in [-0.2, -0.15) is 0 Å². The Balaban J connectivity index is 1.28. The summed E-state index contributed by atoms with van der Waals surface area (Å²) in [6, 6.07) is 10.6. The molecule has 0 amide bonds. The molecule has 3 aromatic carbocycles. The Bertz CT molecular complexity index is 2740. The van der Waals surface area contributed by atoms with Gasteiger partial charge in [0.2, 0.25) is 6.29 Å². The van der Waals surface area contributed by atoms with Crippen molar-refractivity contribution in [3.63, 3.8) is 0 Å². The van der Waals surface area contributed by atoms with Crippen molar-refractivity contribution in [3.8, 4) is 45.8 Å². The van der Waals surface area contributed by atoms with Gasteiger partial charge in [0.25, 0.3) is 0 Å². The van der Waals surface area contributed by atoms with Gasteiger partial charge in [0.05, 0.1) is 14.2 Å². The van der Waals surface area contributed by atoms with E-state index in [1.54, 1.807) is 0 Å². The summed E-state index contributed by atoms with van der Waals surface area (Å²) in [5, 5.41) is 126. The molecule has 0 unspecified atom stereocenters. The van der Waals surface area contributed by atoms with Crippen molar-refractivity contribution in [1.29, 1.82) is 0 Å². The zero-order valence-corrected chi connectivity index (χ0v) is 36.5. The molecule has 3 fully saturated rings. The number of hydrogen-bond acceptors (Lipinski definition) is 24. The molecule has 0 saturated carbocycles. The summed E-state index contributed by atoms with van der Waals surface area (Å²) in [6.07, 6.45) is -33.7. The van der Waals surface area contributed by atoms with Gasteiger partial charge in [-0.25, -0.2) is 19.2 Å². The number of fused-ring (bicyclic) bond motifs is 1. The van der Waals surface area contributed by atoms with Gasteiger partial charge in [-0.15, -0.1) is 0 Å². The molecule has 0 radical (unpaired) electrons. The molecule has 1 aromatic heterocycles.